The van der Waals surface area contributed by atoms with E-state index in [1.54, 1.807) is 68.7 Å². The van der Waals surface area contributed by atoms with Crippen LogP contribution in [0.1, 0.15) is 73.3 Å². The van der Waals surface area contributed by atoms with Gasteiger partial charge in [0.05, 0.1) is 81.1 Å². The molecule has 83 heavy (non-hydrogen) atoms. The minimum absolute atomic E-state index is 0.0789. The zero-order chi connectivity index (χ0) is 60.0. The molecule has 0 saturated heterocycles. The molecule has 0 atom stereocenters. The Labute approximate surface area is 486 Å². The SMILES string of the molecule is CCn1nc(C)cc1C(=O)Nc1nc2cc(C(N)=O)cc(OC)c2n1C/C=C/Cn1c(NC(=O)c2cc(C)nn2CC)nc2cc(C(N)=O)cc(OCCCN(C)NC(=O)COCCOCCNC(=O)COCCOCCNC(=O)CBr)c21. The molecular weight excluding hydrogens is 1150 g/mol. The van der Waals surface area contributed by atoms with Gasteiger partial charge in [-0.25, -0.2) is 15.0 Å². The number of fused-ring (bicyclic) bond motifs is 2. The Bertz CT molecular complexity index is 3280. The lowest BCUT2D eigenvalue weighted by molar-refractivity contribution is -0.131. The third-order valence-electron chi connectivity index (χ3n) is 12.1. The van der Waals surface area contributed by atoms with Crippen molar-refractivity contribution in [2.75, 3.05) is 109 Å². The zero-order valence-corrected chi connectivity index (χ0v) is 48.8. The Kier molecular flexibility index (Phi) is 24.5. The van der Waals surface area contributed by atoms with Crippen LogP contribution in [0.4, 0.5) is 11.9 Å². The van der Waals surface area contributed by atoms with E-state index in [1.807, 2.05) is 13.8 Å². The van der Waals surface area contributed by atoms with Gasteiger partial charge in [0, 0.05) is 64.0 Å². The van der Waals surface area contributed by atoms with Crippen molar-refractivity contribution in [3.05, 3.63) is 82.5 Å². The van der Waals surface area contributed by atoms with Crippen molar-refractivity contribution in [1.82, 2.24) is 59.7 Å². The maximum Gasteiger partial charge on any atom is 0.276 e. The summed E-state index contributed by atoms with van der Waals surface area (Å²) in [6.07, 6.45) is 4.00. The van der Waals surface area contributed by atoms with E-state index in [2.05, 4.69) is 52.8 Å². The first kappa shape index (κ1) is 63.9. The zero-order valence-electron chi connectivity index (χ0n) is 47.2. The van der Waals surface area contributed by atoms with E-state index in [0.29, 0.717) is 78.5 Å². The van der Waals surface area contributed by atoms with Crippen LogP contribution in [0.2, 0.25) is 0 Å². The Morgan fingerprint density at radius 3 is 1.58 bits per heavy atom. The first-order chi connectivity index (χ1) is 39.9. The van der Waals surface area contributed by atoms with Crippen molar-refractivity contribution >= 4 is 91.2 Å². The number of hydrogen-bond donors (Lipinski definition) is 7. The van der Waals surface area contributed by atoms with E-state index in [-0.39, 0.29) is 130 Å². The van der Waals surface area contributed by atoms with Gasteiger partial charge in [-0.2, -0.15) is 10.2 Å². The smallest absolute Gasteiger partial charge is 0.276 e. The summed E-state index contributed by atoms with van der Waals surface area (Å²) >= 11 is 3.06. The van der Waals surface area contributed by atoms with Crippen molar-refractivity contribution in [1.29, 1.82) is 0 Å². The molecule has 0 aliphatic carbocycles. The number of carbonyl (C=O) groups excluding carboxylic acids is 7. The molecule has 448 valence electrons. The van der Waals surface area contributed by atoms with Gasteiger partial charge in [-0.3, -0.25) is 59.0 Å². The van der Waals surface area contributed by atoms with E-state index in [9.17, 15) is 33.6 Å². The van der Waals surface area contributed by atoms with E-state index < -0.39 is 29.5 Å². The highest BCUT2D eigenvalue weighted by atomic mass is 79.9. The number of nitrogens with one attached hydrogen (secondary N) is 5. The lowest BCUT2D eigenvalue weighted by Gasteiger charge is -2.18. The minimum Gasteiger partial charge on any atom is -0.494 e. The van der Waals surface area contributed by atoms with Crippen LogP contribution in [-0.2, 0) is 59.5 Å². The van der Waals surface area contributed by atoms with Gasteiger partial charge >= 0.3 is 0 Å². The lowest BCUT2D eigenvalue weighted by atomic mass is 10.1. The number of hydrogen-bond acceptors (Lipinski definition) is 18. The number of alkyl halides is 1. The third kappa shape index (κ3) is 18.4. The molecular formula is C53H71BrN16O13. The van der Waals surface area contributed by atoms with Crippen LogP contribution in [0, 0.1) is 13.8 Å². The van der Waals surface area contributed by atoms with Crippen LogP contribution in [0.25, 0.3) is 22.1 Å². The number of halogens is 1. The Balaban J connectivity index is 1.08. The predicted molar refractivity (Wildman–Crippen MR) is 307 cm³/mol. The van der Waals surface area contributed by atoms with Crippen molar-refractivity contribution in [3.63, 3.8) is 0 Å². The maximum atomic E-state index is 14.0. The number of nitrogens with two attached hydrogens (primary N) is 2. The van der Waals surface area contributed by atoms with E-state index in [0.717, 1.165) is 0 Å². The van der Waals surface area contributed by atoms with Crippen LogP contribution in [0.5, 0.6) is 11.5 Å². The molecule has 0 bridgehead atoms. The van der Waals surface area contributed by atoms with Gasteiger partial charge in [0.1, 0.15) is 47.1 Å². The molecule has 0 spiro atoms. The standard InChI is InChI=1S/C53H71BrN16O13/c1-7-69-39(24-33(3)63-69)50(76)61-52-59-37-26-35(48(55)74)28-41(78-6)46(37)67(52)15-9-10-16-68-47-38(60-53(68)62-51(77)40-25-34(4)64-70(40)8-2)27-36(49(56)75)29-42(47)83-17-11-14-66(5)65-45(73)32-82-23-21-80-19-13-58-44(72)31-81-22-20-79-18-12-57-43(71)30-54/h9-10,24-29H,7-8,11-23,30-32H2,1-6H3,(H2,55,74)(H2,56,75)(H,57,71)(H,58,72)(H,65,73)(H,59,61,76)(H,60,62,77)/b10-9+. The first-order valence-electron chi connectivity index (χ1n) is 26.6. The van der Waals surface area contributed by atoms with Crippen molar-refractivity contribution in [3.8, 4) is 11.5 Å². The van der Waals surface area contributed by atoms with Gasteiger partial charge in [-0.1, -0.05) is 28.1 Å². The van der Waals surface area contributed by atoms with Gasteiger partial charge in [-0.05, 0) is 70.5 Å². The van der Waals surface area contributed by atoms with Crippen molar-refractivity contribution in [2.24, 2.45) is 11.5 Å². The molecule has 9 N–H and O–H groups in total. The molecule has 6 aromatic rings. The van der Waals surface area contributed by atoms with Gasteiger partial charge in [0.2, 0.25) is 35.5 Å². The number of allylic oxidation sites excluding steroid dienone is 2. The molecule has 0 aliphatic heterocycles. The second kappa shape index (κ2) is 31.8. The topological polar surface area (TPSA) is 362 Å². The van der Waals surface area contributed by atoms with Gasteiger partial charge < -0.3 is 59.7 Å². The van der Waals surface area contributed by atoms with E-state index in [4.69, 9.17) is 49.9 Å². The average molecular weight is 1220 g/mol. The Morgan fingerprint density at radius 1 is 0.627 bits per heavy atom. The minimum atomic E-state index is -0.741. The maximum absolute atomic E-state index is 14.0. The number of amides is 7. The molecule has 0 aliphatic rings. The molecule has 2 aromatic carbocycles. The predicted octanol–water partition coefficient (Wildman–Crippen LogP) is 1.83. The molecule has 4 aromatic heterocycles. The molecule has 4 heterocycles. The van der Waals surface area contributed by atoms with Crippen LogP contribution >= 0.6 is 15.9 Å². The number of carbonyl (C=O) groups is 7. The summed E-state index contributed by atoms with van der Waals surface area (Å²) in [4.78, 5) is 98.1. The Morgan fingerprint density at radius 2 is 1.10 bits per heavy atom. The summed E-state index contributed by atoms with van der Waals surface area (Å²) in [5.41, 5.74) is 17.9. The number of methoxy groups -OCH3 is 1. The second-order valence-electron chi connectivity index (χ2n) is 18.4. The molecule has 0 unspecified atom stereocenters. The summed E-state index contributed by atoms with van der Waals surface area (Å²) in [6.45, 7) is 10.4. The number of rotatable bonds is 36. The molecule has 7 amide bonds. The quantitative estimate of drug-likeness (QED) is 0.0128. The number of aryl methyl sites for hydroxylation is 4. The number of imidazole rings is 2. The second-order valence-corrected chi connectivity index (χ2v) is 18.9. The number of nitrogens with zero attached hydrogens (tertiary/aromatic N) is 9. The number of anilines is 2. The van der Waals surface area contributed by atoms with Crippen molar-refractivity contribution < 1.29 is 62.0 Å². The number of primary amides is 2. The summed E-state index contributed by atoms with van der Waals surface area (Å²) in [6, 6.07) is 9.33. The lowest BCUT2D eigenvalue weighted by Crippen LogP contribution is -2.42. The van der Waals surface area contributed by atoms with Gasteiger partial charge in [0.15, 0.2) is 0 Å². The molecule has 30 heteroatoms. The first-order valence-corrected chi connectivity index (χ1v) is 27.7. The fourth-order valence-electron chi connectivity index (χ4n) is 8.36. The van der Waals surface area contributed by atoms with Crippen molar-refractivity contribution in [2.45, 2.75) is 60.3 Å². The van der Waals surface area contributed by atoms with Crippen LogP contribution in [0.3, 0.4) is 0 Å². The summed E-state index contributed by atoms with van der Waals surface area (Å²) in [5, 5.41) is 21.8. The molecule has 6 rings (SSSR count). The van der Waals surface area contributed by atoms with Crippen LogP contribution in [0.15, 0.2) is 48.6 Å². The largest absolute Gasteiger partial charge is 0.494 e. The Hall–Kier alpha value is -8.29. The van der Waals surface area contributed by atoms with Crippen LogP contribution < -0.4 is 47.6 Å². The van der Waals surface area contributed by atoms with E-state index >= 15 is 0 Å². The fourth-order valence-corrected chi connectivity index (χ4v) is 8.56. The summed E-state index contributed by atoms with van der Waals surface area (Å²) in [5.74, 6) is -2.49. The number of hydrazine groups is 1. The number of ether oxygens (including phenoxy) is 6. The van der Waals surface area contributed by atoms with E-state index in [1.165, 1.54) is 31.4 Å². The molecule has 0 saturated carbocycles. The normalized spacial score (nSPS) is 11.4. The number of benzene rings is 2. The highest BCUT2D eigenvalue weighted by molar-refractivity contribution is 9.09. The molecule has 0 fully saturated rings. The summed E-state index contributed by atoms with van der Waals surface area (Å²) in [7, 11) is 3.12. The van der Waals surface area contributed by atoms with Gasteiger partial charge in [-0.15, -0.1) is 0 Å². The monoisotopic (exact) mass is 1220 g/mol. The third-order valence-corrected chi connectivity index (χ3v) is 12.7. The number of aromatic nitrogens is 8. The highest BCUT2D eigenvalue weighted by Crippen LogP contribution is 2.33. The molecule has 29 nitrogen and oxygen atoms in total. The summed E-state index contributed by atoms with van der Waals surface area (Å²) < 4.78 is 40.2. The fraction of sp³-hybridized carbons (Fsp3) is 0.453. The van der Waals surface area contributed by atoms with Crippen LogP contribution in [-0.4, -0.2) is 184 Å². The average Bonchev–Trinajstić information content (AvgIpc) is 2.73. The molecule has 0 radical (unpaired) electrons. The van der Waals surface area contributed by atoms with Gasteiger partial charge in [0.25, 0.3) is 17.7 Å². The highest BCUT2D eigenvalue weighted by Gasteiger charge is 2.24.